The molecule has 0 aliphatic carbocycles. The number of aliphatic hydroxyl groups excluding tert-OH is 1. The standard InChI is InChI=1S/C17H18F3N3O4S/c1-26-15-12(6-11(18)13(19)14(15)20)27-10-2-4-23(5-3-10)17(25)22-16-21-9(7-24)8-28-16/h6,8,10,24H,2-5,7H2,1H3,(H,21,22,25). The number of benzene rings is 1. The molecule has 0 bridgehead atoms. The maximum atomic E-state index is 13.8. The van der Waals surface area contributed by atoms with Crippen molar-refractivity contribution < 1.29 is 32.5 Å². The van der Waals surface area contributed by atoms with Gasteiger partial charge in [0, 0.05) is 37.4 Å². The summed E-state index contributed by atoms with van der Waals surface area (Å²) in [4.78, 5) is 17.9. The normalized spacial score (nSPS) is 14.8. The number of aliphatic hydroxyl groups is 1. The summed E-state index contributed by atoms with van der Waals surface area (Å²) in [6, 6.07) is 0.408. The molecule has 7 nitrogen and oxygen atoms in total. The summed E-state index contributed by atoms with van der Waals surface area (Å²) in [5.74, 6) is -5.15. The minimum Gasteiger partial charge on any atom is -0.490 e. The van der Waals surface area contributed by atoms with Gasteiger partial charge in [-0.1, -0.05) is 0 Å². The molecule has 1 aliphatic rings. The van der Waals surface area contributed by atoms with Crippen LogP contribution in [0.1, 0.15) is 18.5 Å². The first-order valence-electron chi connectivity index (χ1n) is 8.42. The topological polar surface area (TPSA) is 83.9 Å². The Morgan fingerprint density at radius 3 is 2.68 bits per heavy atom. The van der Waals surface area contributed by atoms with E-state index >= 15 is 0 Å². The molecule has 1 saturated heterocycles. The lowest BCUT2D eigenvalue weighted by Gasteiger charge is -2.32. The molecule has 2 amide bonds. The van der Waals surface area contributed by atoms with Gasteiger partial charge in [-0.3, -0.25) is 5.32 Å². The number of carbonyl (C=O) groups is 1. The number of hydrogen-bond donors (Lipinski definition) is 2. The van der Waals surface area contributed by atoms with Crippen LogP contribution in [0.5, 0.6) is 11.5 Å². The summed E-state index contributed by atoms with van der Waals surface area (Å²) >= 11 is 1.21. The van der Waals surface area contributed by atoms with E-state index in [0.29, 0.717) is 36.8 Å². The minimum atomic E-state index is -1.62. The Balaban J connectivity index is 1.58. The Morgan fingerprint density at radius 1 is 1.36 bits per heavy atom. The minimum absolute atomic E-state index is 0.205. The van der Waals surface area contributed by atoms with E-state index in [1.54, 1.807) is 10.3 Å². The summed E-state index contributed by atoms with van der Waals surface area (Å²) in [6.07, 6.45) is 0.413. The predicted molar refractivity (Wildman–Crippen MR) is 95.1 cm³/mol. The number of ether oxygens (including phenoxy) is 2. The number of urea groups is 1. The number of likely N-dealkylation sites (tertiary alicyclic amines) is 1. The van der Waals surface area contributed by atoms with Crippen molar-refractivity contribution in [2.75, 3.05) is 25.5 Å². The number of hydrogen-bond acceptors (Lipinski definition) is 6. The fraction of sp³-hybridized carbons (Fsp3) is 0.412. The van der Waals surface area contributed by atoms with Crippen LogP contribution in [-0.4, -0.2) is 47.3 Å². The Morgan fingerprint density at radius 2 is 2.07 bits per heavy atom. The molecular formula is C17H18F3N3O4S. The van der Waals surface area contributed by atoms with Crippen LogP contribution in [0.25, 0.3) is 0 Å². The molecule has 2 N–H and O–H groups in total. The van der Waals surface area contributed by atoms with E-state index in [4.69, 9.17) is 14.6 Å². The fourth-order valence-corrected chi connectivity index (χ4v) is 3.49. The van der Waals surface area contributed by atoms with E-state index in [-0.39, 0.29) is 18.4 Å². The molecule has 3 rings (SSSR count). The number of nitrogens with one attached hydrogen (secondary N) is 1. The van der Waals surface area contributed by atoms with Crippen molar-refractivity contribution in [3.05, 3.63) is 34.6 Å². The third kappa shape index (κ3) is 4.30. The Hall–Kier alpha value is -2.53. The highest BCUT2D eigenvalue weighted by Gasteiger charge is 2.27. The van der Waals surface area contributed by atoms with Gasteiger partial charge in [-0.05, 0) is 0 Å². The maximum absolute atomic E-state index is 13.8. The zero-order valence-electron chi connectivity index (χ0n) is 14.9. The Bertz CT molecular complexity index is 856. The van der Waals surface area contributed by atoms with Crippen molar-refractivity contribution in [1.29, 1.82) is 0 Å². The van der Waals surface area contributed by atoms with Crippen molar-refractivity contribution in [3.63, 3.8) is 0 Å². The molecule has 1 aromatic carbocycles. The Kier molecular flexibility index (Phi) is 6.25. The van der Waals surface area contributed by atoms with Crippen LogP contribution < -0.4 is 14.8 Å². The third-order valence-corrected chi connectivity index (χ3v) is 5.04. The molecule has 1 aromatic heterocycles. The second-order valence-corrected chi connectivity index (χ2v) is 6.91. The number of piperidine rings is 1. The summed E-state index contributed by atoms with van der Waals surface area (Å²) in [7, 11) is 1.14. The van der Waals surface area contributed by atoms with E-state index in [0.717, 1.165) is 13.2 Å². The van der Waals surface area contributed by atoms with Gasteiger partial charge in [-0.25, -0.2) is 18.6 Å². The van der Waals surface area contributed by atoms with Gasteiger partial charge >= 0.3 is 6.03 Å². The van der Waals surface area contributed by atoms with Gasteiger partial charge in [-0.15, -0.1) is 11.3 Å². The number of methoxy groups -OCH3 is 1. The smallest absolute Gasteiger partial charge is 0.323 e. The molecule has 152 valence electrons. The third-order valence-electron chi connectivity index (χ3n) is 4.24. The molecule has 1 aliphatic heterocycles. The maximum Gasteiger partial charge on any atom is 0.323 e. The molecule has 0 spiro atoms. The van der Waals surface area contributed by atoms with Gasteiger partial charge in [0.1, 0.15) is 6.10 Å². The van der Waals surface area contributed by atoms with Crippen LogP contribution in [0.4, 0.5) is 23.1 Å². The first kappa shape index (κ1) is 20.2. The first-order chi connectivity index (χ1) is 13.4. The molecule has 2 aromatic rings. The van der Waals surface area contributed by atoms with E-state index in [2.05, 4.69) is 10.3 Å². The lowest BCUT2D eigenvalue weighted by Crippen LogP contribution is -2.43. The van der Waals surface area contributed by atoms with Gasteiger partial charge in [0.05, 0.1) is 19.4 Å². The SMILES string of the molecule is COc1c(OC2CCN(C(=O)Nc3nc(CO)cs3)CC2)cc(F)c(F)c1F. The number of nitrogens with zero attached hydrogens (tertiary/aromatic N) is 2. The van der Waals surface area contributed by atoms with Gasteiger partial charge in [0.15, 0.2) is 28.3 Å². The number of anilines is 1. The average molecular weight is 417 g/mol. The molecule has 28 heavy (non-hydrogen) atoms. The number of thiazole rings is 1. The highest BCUT2D eigenvalue weighted by Crippen LogP contribution is 2.35. The molecule has 11 heteroatoms. The number of halogens is 3. The van der Waals surface area contributed by atoms with Crippen LogP contribution in [-0.2, 0) is 6.61 Å². The summed E-state index contributed by atoms with van der Waals surface area (Å²) in [5.41, 5.74) is 0.472. The van der Waals surface area contributed by atoms with Crippen LogP contribution in [0.3, 0.4) is 0 Å². The molecule has 0 radical (unpaired) electrons. The van der Waals surface area contributed by atoms with E-state index in [9.17, 15) is 18.0 Å². The van der Waals surface area contributed by atoms with Gasteiger partial charge in [0.2, 0.25) is 5.82 Å². The van der Waals surface area contributed by atoms with Crippen LogP contribution in [0.15, 0.2) is 11.4 Å². The molecule has 2 heterocycles. The van der Waals surface area contributed by atoms with Crippen molar-refractivity contribution in [2.45, 2.75) is 25.6 Å². The monoisotopic (exact) mass is 417 g/mol. The van der Waals surface area contributed by atoms with Crippen LogP contribution in [0.2, 0.25) is 0 Å². The molecule has 0 saturated carbocycles. The predicted octanol–water partition coefficient (Wildman–Crippen LogP) is 3.14. The zero-order valence-corrected chi connectivity index (χ0v) is 15.7. The van der Waals surface area contributed by atoms with Gasteiger partial charge in [0.25, 0.3) is 0 Å². The largest absolute Gasteiger partial charge is 0.490 e. The summed E-state index contributed by atoms with van der Waals surface area (Å²) in [5, 5.41) is 13.7. The van der Waals surface area contributed by atoms with Crippen molar-refractivity contribution in [3.8, 4) is 11.5 Å². The van der Waals surface area contributed by atoms with Gasteiger partial charge in [-0.2, -0.15) is 4.39 Å². The molecule has 0 unspecified atom stereocenters. The number of rotatable bonds is 5. The van der Waals surface area contributed by atoms with Crippen molar-refractivity contribution >= 4 is 22.5 Å². The highest BCUT2D eigenvalue weighted by molar-refractivity contribution is 7.13. The average Bonchev–Trinajstić information content (AvgIpc) is 3.14. The zero-order chi connectivity index (χ0) is 20.3. The number of aromatic nitrogens is 1. The summed E-state index contributed by atoms with van der Waals surface area (Å²) in [6.45, 7) is 0.496. The molecule has 1 fully saturated rings. The van der Waals surface area contributed by atoms with Crippen LogP contribution in [0, 0.1) is 17.5 Å². The van der Waals surface area contributed by atoms with Crippen molar-refractivity contribution in [2.24, 2.45) is 0 Å². The Labute approximate surface area is 162 Å². The second-order valence-electron chi connectivity index (χ2n) is 6.05. The van der Waals surface area contributed by atoms with E-state index in [1.165, 1.54) is 11.3 Å². The quantitative estimate of drug-likeness (QED) is 0.731. The molecular weight excluding hydrogens is 399 g/mol. The van der Waals surface area contributed by atoms with Crippen molar-refractivity contribution in [1.82, 2.24) is 9.88 Å². The van der Waals surface area contributed by atoms with Crippen LogP contribution >= 0.6 is 11.3 Å². The lowest BCUT2D eigenvalue weighted by molar-refractivity contribution is 0.111. The lowest BCUT2D eigenvalue weighted by atomic mass is 10.1. The fourth-order valence-electron chi connectivity index (χ4n) is 2.80. The highest BCUT2D eigenvalue weighted by atomic mass is 32.1. The van der Waals surface area contributed by atoms with E-state index < -0.39 is 29.3 Å². The first-order valence-corrected chi connectivity index (χ1v) is 9.30. The second kappa shape index (κ2) is 8.65. The number of carbonyl (C=O) groups excluding carboxylic acids is 1. The summed E-state index contributed by atoms with van der Waals surface area (Å²) < 4.78 is 51.0. The molecule has 0 atom stereocenters. The van der Waals surface area contributed by atoms with E-state index in [1.807, 2.05) is 0 Å². The number of amides is 2. The van der Waals surface area contributed by atoms with Gasteiger partial charge < -0.3 is 19.5 Å².